The molecule has 190 valence electrons. The summed E-state index contributed by atoms with van der Waals surface area (Å²) >= 11 is 0. The molecule has 1 saturated heterocycles. The second-order valence-corrected chi connectivity index (χ2v) is 10.8. The number of likely N-dealkylation sites (tertiary alicyclic amines) is 1. The van der Waals surface area contributed by atoms with Gasteiger partial charge in [-0.3, -0.25) is 19.2 Å². The highest BCUT2D eigenvalue weighted by molar-refractivity contribution is 6.37. The first-order valence-corrected chi connectivity index (χ1v) is 12.6. The van der Waals surface area contributed by atoms with Crippen LogP contribution in [0.3, 0.4) is 0 Å². The van der Waals surface area contributed by atoms with Crippen molar-refractivity contribution in [1.29, 1.82) is 0 Å². The normalized spacial score (nSPS) is 22.0. The Bertz CT molecular complexity index is 798. The third-order valence-corrected chi connectivity index (χ3v) is 6.59. The summed E-state index contributed by atoms with van der Waals surface area (Å²) in [5, 5.41) is 10.9. The number of urea groups is 1. The largest absolute Gasteiger partial charge is 0.347 e. The molecule has 0 spiro atoms. The Morgan fingerprint density at radius 3 is 2.21 bits per heavy atom. The molecule has 3 aliphatic rings. The summed E-state index contributed by atoms with van der Waals surface area (Å²) in [6.45, 7) is 5.64. The van der Waals surface area contributed by atoms with Gasteiger partial charge in [-0.15, -0.1) is 0 Å². The monoisotopic (exact) mass is 477 g/mol. The molecular formula is C24H39N5O5. The molecule has 3 rings (SSSR count). The van der Waals surface area contributed by atoms with Crippen molar-refractivity contribution in [3.8, 4) is 0 Å². The van der Waals surface area contributed by atoms with Gasteiger partial charge in [-0.05, 0) is 65.2 Å². The zero-order valence-electron chi connectivity index (χ0n) is 20.6. The molecule has 2 atom stereocenters. The van der Waals surface area contributed by atoms with Crippen LogP contribution >= 0.6 is 0 Å². The molecule has 10 heteroatoms. The number of ketones is 1. The van der Waals surface area contributed by atoms with Gasteiger partial charge in [0.2, 0.25) is 17.6 Å². The fourth-order valence-corrected chi connectivity index (χ4v) is 4.71. The first kappa shape index (κ1) is 26.0. The van der Waals surface area contributed by atoms with Crippen molar-refractivity contribution < 1.29 is 24.0 Å². The number of nitrogens with zero attached hydrogens (tertiary/aromatic N) is 1. The lowest BCUT2D eigenvalue weighted by Gasteiger charge is -2.35. The number of rotatable bonds is 8. The van der Waals surface area contributed by atoms with E-state index in [1.165, 1.54) is 4.90 Å². The van der Waals surface area contributed by atoms with Crippen molar-refractivity contribution in [2.45, 2.75) is 102 Å². The predicted molar refractivity (Wildman–Crippen MR) is 126 cm³/mol. The van der Waals surface area contributed by atoms with E-state index >= 15 is 0 Å². The lowest BCUT2D eigenvalue weighted by atomic mass is 9.83. The maximum Gasteiger partial charge on any atom is 0.315 e. The van der Waals surface area contributed by atoms with E-state index in [4.69, 9.17) is 0 Å². The van der Waals surface area contributed by atoms with E-state index in [-0.39, 0.29) is 17.9 Å². The SMILES string of the molecule is CC(C)(C)NC(=O)N[C@H](C(=O)N1CCCC1C(=O)NCC(=O)C(=O)NC1CC1)C1CCCCC1. The minimum Gasteiger partial charge on any atom is -0.347 e. The van der Waals surface area contributed by atoms with Crippen LogP contribution in [0.1, 0.15) is 78.6 Å². The molecule has 34 heavy (non-hydrogen) atoms. The van der Waals surface area contributed by atoms with E-state index in [1.807, 2.05) is 20.8 Å². The van der Waals surface area contributed by atoms with E-state index in [9.17, 15) is 24.0 Å². The molecule has 4 N–H and O–H groups in total. The number of nitrogens with one attached hydrogen (secondary N) is 4. The summed E-state index contributed by atoms with van der Waals surface area (Å²) in [4.78, 5) is 64.5. The summed E-state index contributed by atoms with van der Waals surface area (Å²) in [6, 6.07) is -1.76. The van der Waals surface area contributed by atoms with Gasteiger partial charge in [0.05, 0.1) is 6.54 Å². The number of amides is 5. The molecule has 0 bridgehead atoms. The molecule has 0 aromatic carbocycles. The van der Waals surface area contributed by atoms with Gasteiger partial charge in [0.15, 0.2) is 0 Å². The molecule has 0 aromatic heterocycles. The summed E-state index contributed by atoms with van der Waals surface area (Å²) in [7, 11) is 0. The zero-order valence-corrected chi connectivity index (χ0v) is 20.6. The van der Waals surface area contributed by atoms with Crippen LogP contribution < -0.4 is 21.3 Å². The van der Waals surface area contributed by atoms with E-state index in [0.29, 0.717) is 19.4 Å². The van der Waals surface area contributed by atoms with Gasteiger partial charge in [0.25, 0.3) is 5.91 Å². The predicted octanol–water partition coefficient (Wildman–Crippen LogP) is 0.988. The summed E-state index contributed by atoms with van der Waals surface area (Å²) in [5.41, 5.74) is -0.446. The highest BCUT2D eigenvalue weighted by atomic mass is 16.2. The molecule has 1 unspecified atom stereocenters. The molecule has 1 aliphatic heterocycles. The van der Waals surface area contributed by atoms with Crippen LogP contribution in [0.4, 0.5) is 4.79 Å². The van der Waals surface area contributed by atoms with Gasteiger partial charge in [-0.25, -0.2) is 4.79 Å². The van der Waals surface area contributed by atoms with Crippen molar-refractivity contribution >= 4 is 29.5 Å². The molecule has 10 nitrogen and oxygen atoms in total. The highest BCUT2D eigenvalue weighted by Gasteiger charge is 2.41. The summed E-state index contributed by atoms with van der Waals surface area (Å²) < 4.78 is 0. The highest BCUT2D eigenvalue weighted by Crippen LogP contribution is 2.29. The fraction of sp³-hybridized carbons (Fsp3) is 0.792. The zero-order chi connectivity index (χ0) is 24.9. The molecule has 2 aliphatic carbocycles. The van der Waals surface area contributed by atoms with Crippen LogP contribution in [0.25, 0.3) is 0 Å². The quantitative estimate of drug-likeness (QED) is 0.387. The average Bonchev–Trinajstić information content (AvgIpc) is 3.45. The van der Waals surface area contributed by atoms with E-state index < -0.39 is 47.8 Å². The first-order valence-electron chi connectivity index (χ1n) is 12.6. The molecule has 1 heterocycles. The Hall–Kier alpha value is -2.65. The average molecular weight is 478 g/mol. The number of Topliss-reactive ketones (excluding diaryl/α,β-unsaturated/α-hetero) is 1. The number of hydrogen-bond donors (Lipinski definition) is 4. The van der Waals surface area contributed by atoms with Crippen LogP contribution in [0.2, 0.25) is 0 Å². The van der Waals surface area contributed by atoms with E-state index in [0.717, 1.165) is 44.9 Å². The maximum absolute atomic E-state index is 13.6. The number of carbonyl (C=O) groups excluding carboxylic acids is 5. The molecule has 5 amide bonds. The Kier molecular flexibility index (Phi) is 8.54. The van der Waals surface area contributed by atoms with E-state index in [1.54, 1.807) is 0 Å². The van der Waals surface area contributed by atoms with Gasteiger partial charge in [-0.1, -0.05) is 19.3 Å². The molecule has 0 radical (unpaired) electrons. The van der Waals surface area contributed by atoms with Crippen molar-refractivity contribution in [2.75, 3.05) is 13.1 Å². The van der Waals surface area contributed by atoms with Crippen LogP contribution in [0, 0.1) is 5.92 Å². The van der Waals surface area contributed by atoms with Crippen molar-refractivity contribution in [3.05, 3.63) is 0 Å². The van der Waals surface area contributed by atoms with Gasteiger partial charge in [0.1, 0.15) is 12.1 Å². The van der Waals surface area contributed by atoms with Crippen LogP contribution in [-0.4, -0.2) is 71.2 Å². The van der Waals surface area contributed by atoms with E-state index in [2.05, 4.69) is 21.3 Å². The topological polar surface area (TPSA) is 137 Å². The fourth-order valence-electron chi connectivity index (χ4n) is 4.71. The maximum atomic E-state index is 13.6. The lowest BCUT2D eigenvalue weighted by Crippen LogP contribution is -2.59. The molecule has 0 aromatic rings. The number of hydrogen-bond acceptors (Lipinski definition) is 5. The van der Waals surface area contributed by atoms with Gasteiger partial charge < -0.3 is 26.2 Å². The third-order valence-electron chi connectivity index (χ3n) is 6.59. The second kappa shape index (κ2) is 11.2. The van der Waals surface area contributed by atoms with Crippen LogP contribution in [-0.2, 0) is 19.2 Å². The molecule has 2 saturated carbocycles. The Morgan fingerprint density at radius 1 is 0.912 bits per heavy atom. The first-order chi connectivity index (χ1) is 16.0. The molecule has 3 fully saturated rings. The lowest BCUT2D eigenvalue weighted by molar-refractivity contribution is -0.142. The van der Waals surface area contributed by atoms with Crippen LogP contribution in [0.15, 0.2) is 0 Å². The third kappa shape index (κ3) is 7.43. The van der Waals surface area contributed by atoms with Gasteiger partial charge >= 0.3 is 6.03 Å². The van der Waals surface area contributed by atoms with Crippen molar-refractivity contribution in [3.63, 3.8) is 0 Å². The van der Waals surface area contributed by atoms with Gasteiger partial charge in [-0.2, -0.15) is 0 Å². The second-order valence-electron chi connectivity index (χ2n) is 10.8. The van der Waals surface area contributed by atoms with Gasteiger partial charge in [0, 0.05) is 18.1 Å². The van der Waals surface area contributed by atoms with Crippen molar-refractivity contribution in [1.82, 2.24) is 26.2 Å². The summed E-state index contributed by atoms with van der Waals surface area (Å²) in [5.74, 6) is -2.07. The number of carbonyl (C=O) groups is 5. The Morgan fingerprint density at radius 2 is 1.59 bits per heavy atom. The Balaban J connectivity index is 1.62. The standard InChI is InChI=1S/C24H39N5O5/c1-24(2,3)28-23(34)27-19(15-8-5-4-6-9-15)22(33)29-13-7-10-17(29)20(31)25-14-18(30)21(32)26-16-11-12-16/h15-17,19H,4-14H2,1-3H3,(H,25,31)(H,26,32)(H2,27,28,34)/t17?,19-/m0/s1. The van der Waals surface area contributed by atoms with Crippen LogP contribution in [0.5, 0.6) is 0 Å². The van der Waals surface area contributed by atoms with Crippen molar-refractivity contribution in [2.24, 2.45) is 5.92 Å². The Labute approximate surface area is 201 Å². The molecular weight excluding hydrogens is 438 g/mol. The minimum atomic E-state index is -0.717. The minimum absolute atomic E-state index is 0.0176. The smallest absolute Gasteiger partial charge is 0.315 e. The summed E-state index contributed by atoms with van der Waals surface area (Å²) in [6.07, 6.45) is 7.70.